The second-order valence-corrected chi connectivity index (χ2v) is 7.37. The van der Waals surface area contributed by atoms with Gasteiger partial charge in [0.05, 0.1) is 23.8 Å². The molecule has 0 fully saturated rings. The predicted molar refractivity (Wildman–Crippen MR) is 112 cm³/mol. The minimum Gasteiger partial charge on any atom is -0.489 e. The zero-order chi connectivity index (χ0) is 21.3. The van der Waals surface area contributed by atoms with Crippen molar-refractivity contribution < 1.29 is 19.2 Å². The van der Waals surface area contributed by atoms with Gasteiger partial charge >= 0.3 is 5.97 Å². The minimum atomic E-state index is -0.937. The number of hydrogen-bond donors (Lipinski definition) is 2. The number of hydrogen-bond acceptors (Lipinski definition) is 7. The third kappa shape index (κ3) is 3.80. The molecule has 1 atom stereocenters. The van der Waals surface area contributed by atoms with Gasteiger partial charge in [-0.05, 0) is 38.5 Å². The van der Waals surface area contributed by atoms with Crippen molar-refractivity contribution in [3.8, 4) is 5.75 Å². The second-order valence-electron chi connectivity index (χ2n) is 7.37. The highest BCUT2D eigenvalue weighted by Crippen LogP contribution is 2.39. The lowest BCUT2D eigenvalue weighted by atomic mass is 10.1. The number of rotatable bonds is 6. The van der Waals surface area contributed by atoms with Gasteiger partial charge in [0.15, 0.2) is 5.82 Å². The molecule has 30 heavy (non-hydrogen) atoms. The molecule has 0 radical (unpaired) electrons. The Morgan fingerprint density at radius 3 is 2.70 bits per heavy atom. The third-order valence-corrected chi connectivity index (χ3v) is 5.36. The van der Waals surface area contributed by atoms with E-state index in [4.69, 9.17) is 14.4 Å². The van der Waals surface area contributed by atoms with E-state index in [1.54, 1.807) is 18.3 Å². The van der Waals surface area contributed by atoms with Crippen molar-refractivity contribution in [3.63, 3.8) is 0 Å². The Bertz CT molecular complexity index is 1040. The van der Waals surface area contributed by atoms with E-state index in [9.17, 15) is 4.79 Å². The molecule has 3 heterocycles. The van der Waals surface area contributed by atoms with Gasteiger partial charge in [-0.1, -0.05) is 17.3 Å². The fourth-order valence-corrected chi connectivity index (χ4v) is 3.62. The van der Waals surface area contributed by atoms with E-state index < -0.39 is 5.97 Å². The predicted octanol–water partition coefficient (Wildman–Crippen LogP) is 3.96. The Kier molecular flexibility index (Phi) is 5.31. The first-order valence-electron chi connectivity index (χ1n) is 9.82. The molecule has 8 nitrogen and oxygen atoms in total. The van der Waals surface area contributed by atoms with Crippen molar-refractivity contribution in [1.82, 2.24) is 10.1 Å². The summed E-state index contributed by atoms with van der Waals surface area (Å²) in [5, 5.41) is 16.6. The van der Waals surface area contributed by atoms with Crippen molar-refractivity contribution in [2.24, 2.45) is 0 Å². The van der Waals surface area contributed by atoms with E-state index in [2.05, 4.69) is 20.4 Å². The lowest BCUT2D eigenvalue weighted by Gasteiger charge is -2.33. The van der Waals surface area contributed by atoms with Crippen LogP contribution in [0.25, 0.3) is 0 Å². The molecule has 1 aromatic carbocycles. The van der Waals surface area contributed by atoms with Gasteiger partial charge in [-0.25, -0.2) is 9.78 Å². The van der Waals surface area contributed by atoms with Gasteiger partial charge in [0.25, 0.3) is 0 Å². The van der Waals surface area contributed by atoms with E-state index in [0.29, 0.717) is 19.0 Å². The standard InChI is InChI=1S/C22H24N4O4/c1-13(16-4-6-17(7-5-16)22(27)28)24-21-20-19(8-9-23-21)29-11-10-26(20)12-18-14(2)25-30-15(18)3/h4-9,13H,10-12H2,1-3H3,(H,23,24)(H,27,28)/t13-/m0/s1. The number of aromatic carboxylic acids is 1. The normalized spacial score (nSPS) is 14.0. The number of carbonyl (C=O) groups is 1. The van der Waals surface area contributed by atoms with Crippen LogP contribution >= 0.6 is 0 Å². The SMILES string of the molecule is Cc1noc(C)c1CN1CCOc2ccnc(N[C@@H](C)c3ccc(C(=O)O)cc3)c21. The molecule has 4 rings (SSSR count). The molecule has 0 aliphatic carbocycles. The number of carboxylic acid groups (broad SMARTS) is 1. The van der Waals surface area contributed by atoms with E-state index in [1.807, 2.05) is 39.0 Å². The summed E-state index contributed by atoms with van der Waals surface area (Å²) < 4.78 is 11.2. The van der Waals surface area contributed by atoms with Gasteiger partial charge < -0.3 is 24.6 Å². The number of pyridine rings is 1. The number of nitrogens with zero attached hydrogens (tertiary/aromatic N) is 3. The van der Waals surface area contributed by atoms with E-state index in [-0.39, 0.29) is 11.6 Å². The summed E-state index contributed by atoms with van der Waals surface area (Å²) in [6, 6.07) is 8.64. The molecule has 2 aromatic heterocycles. The molecule has 0 unspecified atom stereocenters. The molecular weight excluding hydrogens is 384 g/mol. The van der Waals surface area contributed by atoms with Crippen molar-refractivity contribution in [2.75, 3.05) is 23.4 Å². The summed E-state index contributed by atoms with van der Waals surface area (Å²) in [5.41, 5.74) is 4.08. The Hall–Kier alpha value is -3.55. The first-order valence-corrected chi connectivity index (χ1v) is 9.82. The van der Waals surface area contributed by atoms with Crippen LogP contribution in [0, 0.1) is 13.8 Å². The molecule has 1 aliphatic rings. The number of carboxylic acids is 1. The van der Waals surface area contributed by atoms with Gasteiger partial charge in [0.2, 0.25) is 0 Å². The summed E-state index contributed by atoms with van der Waals surface area (Å²) in [5.74, 6) is 1.37. The van der Waals surface area contributed by atoms with Crippen LogP contribution in [0.4, 0.5) is 11.5 Å². The fourth-order valence-electron chi connectivity index (χ4n) is 3.62. The highest BCUT2D eigenvalue weighted by Gasteiger charge is 2.25. The van der Waals surface area contributed by atoms with E-state index in [1.165, 1.54) is 0 Å². The van der Waals surface area contributed by atoms with Crippen LogP contribution in [0.15, 0.2) is 41.1 Å². The second kappa shape index (κ2) is 8.06. The highest BCUT2D eigenvalue weighted by atomic mass is 16.5. The van der Waals surface area contributed by atoms with Gasteiger partial charge in [-0.2, -0.15) is 0 Å². The van der Waals surface area contributed by atoms with E-state index >= 15 is 0 Å². The van der Waals surface area contributed by atoms with Crippen LogP contribution in [0.3, 0.4) is 0 Å². The van der Waals surface area contributed by atoms with Crippen LogP contribution in [0.1, 0.15) is 45.9 Å². The Morgan fingerprint density at radius 2 is 2.03 bits per heavy atom. The van der Waals surface area contributed by atoms with Crippen LogP contribution < -0.4 is 15.0 Å². The minimum absolute atomic E-state index is 0.0744. The van der Waals surface area contributed by atoms with Crippen LogP contribution in [0.2, 0.25) is 0 Å². The van der Waals surface area contributed by atoms with Crippen molar-refractivity contribution in [3.05, 3.63) is 64.7 Å². The monoisotopic (exact) mass is 408 g/mol. The van der Waals surface area contributed by atoms with Crippen LogP contribution in [-0.2, 0) is 6.54 Å². The van der Waals surface area contributed by atoms with Crippen molar-refractivity contribution in [2.45, 2.75) is 33.4 Å². The van der Waals surface area contributed by atoms with Crippen LogP contribution in [0.5, 0.6) is 5.75 Å². The molecule has 0 saturated carbocycles. The zero-order valence-corrected chi connectivity index (χ0v) is 17.2. The molecule has 156 valence electrons. The van der Waals surface area contributed by atoms with E-state index in [0.717, 1.165) is 40.6 Å². The molecular formula is C22H24N4O4. The zero-order valence-electron chi connectivity index (χ0n) is 17.2. The van der Waals surface area contributed by atoms with Gasteiger partial charge in [-0.3, -0.25) is 0 Å². The van der Waals surface area contributed by atoms with Gasteiger partial charge in [0.1, 0.15) is 23.8 Å². The number of aromatic nitrogens is 2. The summed E-state index contributed by atoms with van der Waals surface area (Å²) in [6.45, 7) is 7.84. The Morgan fingerprint density at radius 1 is 1.27 bits per heavy atom. The number of aryl methyl sites for hydroxylation is 2. The van der Waals surface area contributed by atoms with Gasteiger partial charge in [-0.15, -0.1) is 0 Å². The summed E-state index contributed by atoms with van der Waals surface area (Å²) in [7, 11) is 0. The molecule has 8 heteroatoms. The summed E-state index contributed by atoms with van der Waals surface area (Å²) >= 11 is 0. The lowest BCUT2D eigenvalue weighted by Crippen LogP contribution is -2.33. The smallest absolute Gasteiger partial charge is 0.335 e. The lowest BCUT2D eigenvalue weighted by molar-refractivity contribution is 0.0697. The Balaban J connectivity index is 1.61. The molecule has 0 bridgehead atoms. The van der Waals surface area contributed by atoms with Gasteiger partial charge in [0, 0.05) is 24.4 Å². The number of anilines is 2. The van der Waals surface area contributed by atoms with Crippen molar-refractivity contribution in [1.29, 1.82) is 0 Å². The maximum atomic E-state index is 11.1. The maximum Gasteiger partial charge on any atom is 0.335 e. The number of ether oxygens (including phenoxy) is 1. The van der Waals surface area contributed by atoms with Crippen LogP contribution in [-0.4, -0.2) is 34.4 Å². The molecule has 0 spiro atoms. The quantitative estimate of drug-likeness (QED) is 0.632. The maximum absolute atomic E-state index is 11.1. The summed E-state index contributed by atoms with van der Waals surface area (Å²) in [4.78, 5) is 17.9. The molecule has 0 amide bonds. The topological polar surface area (TPSA) is 101 Å². The average molecular weight is 408 g/mol. The van der Waals surface area contributed by atoms with Crippen molar-refractivity contribution >= 4 is 17.5 Å². The number of fused-ring (bicyclic) bond motifs is 1. The number of nitrogens with one attached hydrogen (secondary N) is 1. The molecule has 2 N–H and O–H groups in total. The third-order valence-electron chi connectivity index (χ3n) is 5.36. The first kappa shape index (κ1) is 19.8. The Labute approximate surface area is 174 Å². The highest BCUT2D eigenvalue weighted by molar-refractivity contribution is 5.87. The molecule has 1 aliphatic heterocycles. The fraction of sp³-hybridized carbons (Fsp3) is 0.318. The average Bonchev–Trinajstić information content (AvgIpc) is 3.06. The molecule has 0 saturated heterocycles. The largest absolute Gasteiger partial charge is 0.489 e. The summed E-state index contributed by atoms with van der Waals surface area (Å²) in [6.07, 6.45) is 1.72. The number of benzene rings is 1. The molecule has 3 aromatic rings. The first-order chi connectivity index (χ1) is 14.4.